The molecule has 1 aromatic heterocycles. The molecule has 0 aliphatic rings. The van der Waals surface area contributed by atoms with Crippen LogP contribution in [0.1, 0.15) is 30.7 Å². The van der Waals surface area contributed by atoms with Gasteiger partial charge >= 0.3 is 6.03 Å². The van der Waals surface area contributed by atoms with Crippen molar-refractivity contribution in [2.45, 2.75) is 33.7 Å². The molecule has 0 saturated heterocycles. The number of urea groups is 1. The van der Waals surface area contributed by atoms with Gasteiger partial charge in [0.1, 0.15) is 5.76 Å². The minimum absolute atomic E-state index is 0.229. The van der Waals surface area contributed by atoms with E-state index in [0.29, 0.717) is 11.6 Å². The van der Waals surface area contributed by atoms with Crippen molar-refractivity contribution in [3.63, 3.8) is 0 Å². The standard InChI is InChI=1S/C19H22N2O2S.C2H6/c1-14-7-5-8-17(11-14)12-15(2)24-16(3)20-19(22)21(4)13-18-9-6-10-23-18;1-2/h5-11H,2-3,12-13H2,1,4H3,(H,20,22);1-2H3. The number of nitrogens with zero attached hydrogens (tertiary/aromatic N) is 1. The third kappa shape index (κ3) is 7.66. The third-order valence-electron chi connectivity index (χ3n) is 3.32. The lowest BCUT2D eigenvalue weighted by Gasteiger charge is -2.18. The van der Waals surface area contributed by atoms with Gasteiger partial charge in [-0.05, 0) is 29.5 Å². The molecule has 0 atom stereocenters. The second kappa shape index (κ2) is 11.3. The Morgan fingerprint density at radius 3 is 2.58 bits per heavy atom. The maximum Gasteiger partial charge on any atom is 0.322 e. The zero-order valence-electron chi connectivity index (χ0n) is 16.0. The molecule has 4 nitrogen and oxygen atoms in total. The van der Waals surface area contributed by atoms with Crippen molar-refractivity contribution in [2.75, 3.05) is 7.05 Å². The van der Waals surface area contributed by atoms with Crippen molar-refractivity contribution < 1.29 is 9.21 Å². The van der Waals surface area contributed by atoms with E-state index < -0.39 is 0 Å². The second-order valence-corrected chi connectivity index (χ2v) is 6.87. The molecule has 0 bridgehead atoms. The molecule has 0 saturated carbocycles. The number of benzene rings is 1. The van der Waals surface area contributed by atoms with Crippen molar-refractivity contribution in [1.82, 2.24) is 10.2 Å². The van der Waals surface area contributed by atoms with Crippen LogP contribution in [0.15, 0.2) is 70.2 Å². The van der Waals surface area contributed by atoms with Gasteiger partial charge in [-0.3, -0.25) is 0 Å². The maximum absolute atomic E-state index is 12.1. The van der Waals surface area contributed by atoms with Crippen molar-refractivity contribution in [2.24, 2.45) is 0 Å². The highest BCUT2D eigenvalue weighted by atomic mass is 32.2. The van der Waals surface area contributed by atoms with Crippen LogP contribution in [0.2, 0.25) is 0 Å². The summed E-state index contributed by atoms with van der Waals surface area (Å²) in [6, 6.07) is 11.7. The molecule has 0 aliphatic carbocycles. The summed E-state index contributed by atoms with van der Waals surface area (Å²) in [7, 11) is 1.71. The van der Waals surface area contributed by atoms with E-state index in [2.05, 4.69) is 43.6 Å². The van der Waals surface area contributed by atoms with Gasteiger partial charge in [-0.15, -0.1) is 0 Å². The first kappa shape index (κ1) is 21.6. The molecule has 5 heteroatoms. The van der Waals surface area contributed by atoms with E-state index in [1.54, 1.807) is 19.4 Å². The Balaban J connectivity index is 0.00000163. The van der Waals surface area contributed by atoms with Crippen LogP contribution in [0.4, 0.5) is 4.79 Å². The summed E-state index contributed by atoms with van der Waals surface area (Å²) in [5.74, 6) is 0.731. The average Bonchev–Trinajstić information content (AvgIpc) is 3.09. The zero-order chi connectivity index (χ0) is 19.5. The van der Waals surface area contributed by atoms with Gasteiger partial charge in [0.25, 0.3) is 0 Å². The quantitative estimate of drug-likeness (QED) is 0.676. The minimum Gasteiger partial charge on any atom is -0.467 e. The van der Waals surface area contributed by atoms with E-state index in [4.69, 9.17) is 4.42 Å². The van der Waals surface area contributed by atoms with Crippen LogP contribution < -0.4 is 5.32 Å². The van der Waals surface area contributed by atoms with Gasteiger partial charge in [-0.2, -0.15) is 0 Å². The summed E-state index contributed by atoms with van der Waals surface area (Å²) in [6.45, 7) is 14.4. The molecule has 1 heterocycles. The van der Waals surface area contributed by atoms with Gasteiger partial charge in [0, 0.05) is 13.5 Å². The fourth-order valence-corrected chi connectivity index (χ4v) is 2.93. The number of carbonyl (C=O) groups excluding carboxylic acids is 1. The highest BCUT2D eigenvalue weighted by molar-refractivity contribution is 8.06. The number of nitrogens with one attached hydrogen (secondary N) is 1. The lowest BCUT2D eigenvalue weighted by atomic mass is 10.1. The van der Waals surface area contributed by atoms with Crippen molar-refractivity contribution in [1.29, 1.82) is 0 Å². The van der Waals surface area contributed by atoms with Gasteiger partial charge in [0.2, 0.25) is 0 Å². The molecular formula is C21H28N2O2S. The molecule has 1 N–H and O–H groups in total. The largest absolute Gasteiger partial charge is 0.467 e. The fourth-order valence-electron chi connectivity index (χ4n) is 2.21. The van der Waals surface area contributed by atoms with Gasteiger partial charge < -0.3 is 14.6 Å². The zero-order valence-corrected chi connectivity index (χ0v) is 16.9. The fraction of sp³-hybridized carbons (Fsp3) is 0.286. The summed E-state index contributed by atoms with van der Waals surface area (Å²) in [6.07, 6.45) is 2.33. The average molecular weight is 373 g/mol. The molecule has 0 fully saturated rings. The first-order chi connectivity index (χ1) is 12.4. The van der Waals surface area contributed by atoms with Gasteiger partial charge in [-0.1, -0.05) is 68.6 Å². The molecule has 2 amide bonds. The van der Waals surface area contributed by atoms with E-state index in [0.717, 1.165) is 17.1 Å². The summed E-state index contributed by atoms with van der Waals surface area (Å²) in [5, 5.41) is 3.33. The number of hydrogen-bond donors (Lipinski definition) is 1. The number of furan rings is 1. The monoisotopic (exact) mass is 372 g/mol. The molecule has 0 radical (unpaired) electrons. The third-order valence-corrected chi connectivity index (χ3v) is 4.10. The summed E-state index contributed by atoms with van der Waals surface area (Å²) < 4.78 is 5.24. The summed E-state index contributed by atoms with van der Waals surface area (Å²) >= 11 is 1.38. The van der Waals surface area contributed by atoms with Crippen LogP contribution in [-0.4, -0.2) is 18.0 Å². The van der Waals surface area contributed by atoms with Crippen molar-refractivity contribution in [3.8, 4) is 0 Å². The Hall–Kier alpha value is -2.40. The number of amides is 2. The second-order valence-electron chi connectivity index (χ2n) is 5.60. The Labute approximate surface area is 161 Å². The maximum atomic E-state index is 12.1. The number of hydrogen-bond acceptors (Lipinski definition) is 3. The van der Waals surface area contributed by atoms with Gasteiger partial charge in [0.15, 0.2) is 0 Å². The van der Waals surface area contributed by atoms with Crippen LogP contribution in [0.3, 0.4) is 0 Å². The summed E-state index contributed by atoms with van der Waals surface area (Å²) in [5.41, 5.74) is 2.42. The number of aryl methyl sites for hydroxylation is 1. The van der Waals surface area contributed by atoms with E-state index in [9.17, 15) is 4.79 Å². The van der Waals surface area contributed by atoms with E-state index >= 15 is 0 Å². The number of carbonyl (C=O) groups is 1. The molecule has 2 rings (SSSR count). The van der Waals surface area contributed by atoms with Crippen molar-refractivity contribution >= 4 is 17.8 Å². The predicted molar refractivity (Wildman–Crippen MR) is 111 cm³/mol. The molecule has 0 aliphatic heterocycles. The first-order valence-electron chi connectivity index (χ1n) is 8.58. The highest BCUT2D eigenvalue weighted by Gasteiger charge is 2.12. The number of rotatable bonds is 7. The van der Waals surface area contributed by atoms with Gasteiger partial charge in [0.05, 0.1) is 17.8 Å². The van der Waals surface area contributed by atoms with Gasteiger partial charge in [-0.25, -0.2) is 4.79 Å². The lowest BCUT2D eigenvalue weighted by Crippen LogP contribution is -2.35. The Bertz CT molecular complexity index is 723. The molecule has 26 heavy (non-hydrogen) atoms. The van der Waals surface area contributed by atoms with Crippen LogP contribution in [0, 0.1) is 6.92 Å². The van der Waals surface area contributed by atoms with E-state index in [-0.39, 0.29) is 6.03 Å². The molecule has 140 valence electrons. The number of allylic oxidation sites excluding steroid dienone is 1. The van der Waals surface area contributed by atoms with Crippen molar-refractivity contribution in [3.05, 3.63) is 82.6 Å². The lowest BCUT2D eigenvalue weighted by molar-refractivity contribution is 0.206. The SMILES string of the molecule is C=C(Cc1cccc(C)c1)SC(=C)NC(=O)N(C)Cc1ccco1.CC. The molecular weight excluding hydrogens is 344 g/mol. The Kier molecular flexibility index (Phi) is 9.37. The van der Waals surface area contributed by atoms with Crippen LogP contribution in [0.25, 0.3) is 0 Å². The van der Waals surface area contributed by atoms with Crippen LogP contribution in [-0.2, 0) is 13.0 Å². The topological polar surface area (TPSA) is 45.5 Å². The molecule has 1 aromatic carbocycles. The summed E-state index contributed by atoms with van der Waals surface area (Å²) in [4.78, 5) is 14.6. The van der Waals surface area contributed by atoms with Crippen LogP contribution >= 0.6 is 11.8 Å². The molecule has 0 spiro atoms. The minimum atomic E-state index is -0.229. The Morgan fingerprint density at radius 1 is 1.23 bits per heavy atom. The molecule has 2 aromatic rings. The van der Waals surface area contributed by atoms with Crippen LogP contribution in [0.5, 0.6) is 0 Å². The normalized spacial score (nSPS) is 9.69. The first-order valence-corrected chi connectivity index (χ1v) is 9.40. The number of thioether (sulfide) groups is 1. The van der Waals surface area contributed by atoms with E-state index in [1.807, 2.05) is 26.0 Å². The smallest absolute Gasteiger partial charge is 0.322 e. The Morgan fingerprint density at radius 2 is 1.96 bits per heavy atom. The highest BCUT2D eigenvalue weighted by Crippen LogP contribution is 2.24. The predicted octanol–water partition coefficient (Wildman–Crippen LogP) is 5.72. The molecule has 0 unspecified atom stereocenters. The van der Waals surface area contributed by atoms with E-state index in [1.165, 1.54) is 27.8 Å².